The minimum Gasteiger partial charge on any atom is -0.481 e. The molecule has 1 amide bonds. The second-order valence-corrected chi connectivity index (χ2v) is 4.53. The lowest BCUT2D eigenvalue weighted by atomic mass is 10.1. The number of amides is 1. The van der Waals surface area contributed by atoms with Crippen molar-refractivity contribution in [1.29, 1.82) is 0 Å². The van der Waals surface area contributed by atoms with E-state index in [1.165, 1.54) is 0 Å². The molecule has 0 bridgehead atoms. The van der Waals surface area contributed by atoms with Crippen LogP contribution in [0, 0.1) is 0 Å². The van der Waals surface area contributed by atoms with Gasteiger partial charge in [-0.05, 0) is 30.5 Å². The molecule has 1 aromatic rings. The van der Waals surface area contributed by atoms with Gasteiger partial charge < -0.3 is 19.9 Å². The van der Waals surface area contributed by atoms with Crippen LogP contribution in [0.4, 0.5) is 0 Å². The molecule has 1 aliphatic rings. The number of aryl methyl sites for hydroxylation is 1. The predicted octanol–water partition coefficient (Wildman–Crippen LogP) is 1.33. The fraction of sp³-hybridized carbons (Fsp3) is 0.429. The molecule has 6 nitrogen and oxygen atoms in total. The first-order valence-electron chi connectivity index (χ1n) is 6.52. The largest absolute Gasteiger partial charge is 0.481 e. The average Bonchev–Trinajstić information content (AvgIpc) is 2.88. The maximum Gasteiger partial charge on any atom is 0.303 e. The topological polar surface area (TPSA) is 84.9 Å². The van der Waals surface area contributed by atoms with E-state index in [0.717, 1.165) is 11.3 Å². The SMILES string of the molecule is O=C(O)CCCNC(=O)CCc1ccc2c(c1)OCO2. The molecule has 2 rings (SSSR count). The van der Waals surface area contributed by atoms with E-state index in [1.807, 2.05) is 18.2 Å². The Bertz CT molecular complexity index is 500. The van der Waals surface area contributed by atoms with E-state index < -0.39 is 5.97 Å². The number of aliphatic carboxylic acids is 1. The van der Waals surface area contributed by atoms with Crippen LogP contribution in [0.2, 0.25) is 0 Å². The van der Waals surface area contributed by atoms with Gasteiger partial charge in [0.15, 0.2) is 11.5 Å². The monoisotopic (exact) mass is 279 g/mol. The number of rotatable bonds is 7. The Morgan fingerprint density at radius 3 is 2.80 bits per heavy atom. The van der Waals surface area contributed by atoms with Crippen molar-refractivity contribution in [3.8, 4) is 11.5 Å². The number of carbonyl (C=O) groups excluding carboxylic acids is 1. The Labute approximate surface area is 116 Å². The van der Waals surface area contributed by atoms with Gasteiger partial charge in [-0.15, -0.1) is 0 Å². The Kier molecular flexibility index (Phi) is 4.81. The fourth-order valence-electron chi connectivity index (χ4n) is 1.91. The van der Waals surface area contributed by atoms with E-state index in [1.54, 1.807) is 0 Å². The summed E-state index contributed by atoms with van der Waals surface area (Å²) in [7, 11) is 0. The van der Waals surface area contributed by atoms with Gasteiger partial charge in [0, 0.05) is 19.4 Å². The summed E-state index contributed by atoms with van der Waals surface area (Å²) in [5.41, 5.74) is 1.01. The maximum absolute atomic E-state index is 11.6. The summed E-state index contributed by atoms with van der Waals surface area (Å²) >= 11 is 0. The summed E-state index contributed by atoms with van der Waals surface area (Å²) < 4.78 is 10.5. The van der Waals surface area contributed by atoms with Gasteiger partial charge in [0.2, 0.25) is 12.7 Å². The van der Waals surface area contributed by atoms with Gasteiger partial charge in [0.25, 0.3) is 0 Å². The van der Waals surface area contributed by atoms with E-state index in [-0.39, 0.29) is 19.1 Å². The van der Waals surface area contributed by atoms with E-state index >= 15 is 0 Å². The fourth-order valence-corrected chi connectivity index (χ4v) is 1.91. The van der Waals surface area contributed by atoms with Crippen LogP contribution >= 0.6 is 0 Å². The molecular formula is C14H17NO5. The van der Waals surface area contributed by atoms with Crippen LogP contribution < -0.4 is 14.8 Å². The third kappa shape index (κ3) is 4.15. The van der Waals surface area contributed by atoms with Gasteiger partial charge in [0.1, 0.15) is 0 Å². The van der Waals surface area contributed by atoms with Crippen molar-refractivity contribution < 1.29 is 24.2 Å². The van der Waals surface area contributed by atoms with Crippen LogP contribution in [0.3, 0.4) is 0 Å². The second kappa shape index (κ2) is 6.79. The van der Waals surface area contributed by atoms with Crippen LogP contribution in [0.5, 0.6) is 11.5 Å². The van der Waals surface area contributed by atoms with Crippen molar-refractivity contribution in [2.24, 2.45) is 0 Å². The third-order valence-electron chi connectivity index (χ3n) is 2.97. The highest BCUT2D eigenvalue weighted by molar-refractivity contribution is 5.76. The summed E-state index contributed by atoms with van der Waals surface area (Å²) in [6.45, 7) is 0.634. The van der Waals surface area contributed by atoms with E-state index in [2.05, 4.69) is 5.32 Å². The Morgan fingerprint density at radius 2 is 2.00 bits per heavy atom. The molecule has 0 atom stereocenters. The predicted molar refractivity (Wildman–Crippen MR) is 70.8 cm³/mol. The molecule has 0 unspecified atom stereocenters. The lowest BCUT2D eigenvalue weighted by molar-refractivity contribution is -0.137. The molecule has 1 aromatic carbocycles. The zero-order chi connectivity index (χ0) is 14.4. The van der Waals surface area contributed by atoms with Gasteiger partial charge in [-0.1, -0.05) is 6.07 Å². The Morgan fingerprint density at radius 1 is 1.20 bits per heavy atom. The average molecular weight is 279 g/mol. The van der Waals surface area contributed by atoms with Crippen LogP contribution in [0.15, 0.2) is 18.2 Å². The summed E-state index contributed by atoms with van der Waals surface area (Å²) in [6, 6.07) is 5.62. The number of fused-ring (bicyclic) bond motifs is 1. The number of ether oxygens (including phenoxy) is 2. The molecule has 0 aliphatic carbocycles. The number of benzene rings is 1. The molecule has 6 heteroatoms. The number of carboxylic acids is 1. The lowest BCUT2D eigenvalue weighted by Crippen LogP contribution is -2.25. The van der Waals surface area contributed by atoms with E-state index in [4.69, 9.17) is 14.6 Å². The molecular weight excluding hydrogens is 262 g/mol. The molecule has 0 aromatic heterocycles. The number of hydrogen-bond donors (Lipinski definition) is 2. The molecule has 0 spiro atoms. The Hall–Kier alpha value is -2.24. The molecule has 20 heavy (non-hydrogen) atoms. The number of nitrogens with one attached hydrogen (secondary N) is 1. The van der Waals surface area contributed by atoms with Crippen molar-refractivity contribution >= 4 is 11.9 Å². The van der Waals surface area contributed by atoms with Gasteiger partial charge >= 0.3 is 5.97 Å². The van der Waals surface area contributed by atoms with Crippen molar-refractivity contribution in [3.05, 3.63) is 23.8 Å². The van der Waals surface area contributed by atoms with Crippen molar-refractivity contribution in [1.82, 2.24) is 5.32 Å². The first kappa shape index (κ1) is 14.2. The van der Waals surface area contributed by atoms with E-state index in [0.29, 0.717) is 31.6 Å². The zero-order valence-corrected chi connectivity index (χ0v) is 11.1. The first-order chi connectivity index (χ1) is 9.65. The lowest BCUT2D eigenvalue weighted by Gasteiger charge is -2.05. The zero-order valence-electron chi connectivity index (χ0n) is 11.1. The second-order valence-electron chi connectivity index (χ2n) is 4.53. The molecule has 0 fully saturated rings. The molecule has 0 radical (unpaired) electrons. The van der Waals surface area contributed by atoms with Gasteiger partial charge in [-0.2, -0.15) is 0 Å². The summed E-state index contributed by atoms with van der Waals surface area (Å²) in [5.74, 6) is 0.518. The quantitative estimate of drug-likeness (QED) is 0.735. The molecule has 1 heterocycles. The highest BCUT2D eigenvalue weighted by Gasteiger charge is 2.13. The summed E-state index contributed by atoms with van der Waals surface area (Å²) in [6.07, 6.45) is 1.50. The summed E-state index contributed by atoms with van der Waals surface area (Å²) in [4.78, 5) is 21.9. The van der Waals surface area contributed by atoms with Gasteiger partial charge in [-0.3, -0.25) is 9.59 Å². The van der Waals surface area contributed by atoms with Crippen LogP contribution in [0.1, 0.15) is 24.8 Å². The standard InChI is InChI=1S/C14H17NO5/c16-13(15-7-1-2-14(17)18)6-4-10-3-5-11-12(8-10)20-9-19-11/h3,5,8H,1-2,4,6-7,9H2,(H,15,16)(H,17,18). The van der Waals surface area contributed by atoms with Crippen LogP contribution in [0.25, 0.3) is 0 Å². The number of carboxylic acid groups (broad SMARTS) is 1. The molecule has 2 N–H and O–H groups in total. The minimum absolute atomic E-state index is 0.0719. The Balaban J connectivity index is 1.69. The number of carbonyl (C=O) groups is 2. The van der Waals surface area contributed by atoms with E-state index in [9.17, 15) is 9.59 Å². The maximum atomic E-state index is 11.6. The molecule has 1 aliphatic heterocycles. The highest BCUT2D eigenvalue weighted by Crippen LogP contribution is 2.32. The normalized spacial score (nSPS) is 12.2. The van der Waals surface area contributed by atoms with Gasteiger partial charge in [-0.25, -0.2) is 0 Å². The molecule has 0 saturated heterocycles. The highest BCUT2D eigenvalue weighted by atomic mass is 16.7. The minimum atomic E-state index is -0.848. The first-order valence-corrected chi connectivity index (χ1v) is 6.52. The van der Waals surface area contributed by atoms with Crippen LogP contribution in [-0.2, 0) is 16.0 Å². The van der Waals surface area contributed by atoms with Gasteiger partial charge in [0.05, 0.1) is 0 Å². The molecule has 0 saturated carbocycles. The van der Waals surface area contributed by atoms with Crippen LogP contribution in [-0.4, -0.2) is 30.3 Å². The third-order valence-corrected chi connectivity index (χ3v) is 2.97. The summed E-state index contributed by atoms with van der Waals surface area (Å²) in [5, 5.41) is 11.2. The van der Waals surface area contributed by atoms with Crippen molar-refractivity contribution in [2.45, 2.75) is 25.7 Å². The molecule has 108 valence electrons. The van der Waals surface area contributed by atoms with Crippen molar-refractivity contribution in [2.75, 3.05) is 13.3 Å². The number of hydrogen-bond acceptors (Lipinski definition) is 4. The van der Waals surface area contributed by atoms with Crippen molar-refractivity contribution in [3.63, 3.8) is 0 Å². The smallest absolute Gasteiger partial charge is 0.303 e.